The quantitative estimate of drug-likeness (QED) is 0.0560. The number of unbranched alkanes of at least 4 members (excludes halogenated alkanes) is 24. The zero-order valence-corrected chi connectivity index (χ0v) is 32.7. The Morgan fingerprint density at radius 3 is 0.766 bits per heavy atom. The first-order chi connectivity index (χ1) is 22.1. The number of aliphatic carboxylic acids is 2. The van der Waals surface area contributed by atoms with Crippen molar-refractivity contribution in [3.05, 3.63) is 0 Å². The van der Waals surface area contributed by atoms with Gasteiger partial charge < -0.3 is 29.6 Å². The maximum atomic E-state index is 11.6. The number of carboxylic acids is 2. The number of carbonyl (C=O) groups is 4. The summed E-state index contributed by atoms with van der Waals surface area (Å²) in [6, 6.07) is 0. The molecule has 0 saturated carbocycles. The Morgan fingerprint density at radius 1 is 0.383 bits per heavy atom. The Bertz CT molecular complexity index is 677. The van der Waals surface area contributed by atoms with Gasteiger partial charge in [-0.1, -0.05) is 168 Å². The molecule has 0 aromatic rings. The minimum absolute atomic E-state index is 0. The first-order valence-electron chi connectivity index (χ1n) is 19.0. The molecule has 0 saturated heterocycles. The summed E-state index contributed by atoms with van der Waals surface area (Å²) < 4.78 is 0. The van der Waals surface area contributed by atoms with Gasteiger partial charge >= 0.3 is 23.1 Å². The van der Waals surface area contributed by atoms with Gasteiger partial charge in [-0.3, -0.25) is 9.59 Å². The van der Waals surface area contributed by atoms with Crippen molar-refractivity contribution in [3.63, 3.8) is 0 Å². The molecule has 0 heterocycles. The molecular formula is C38H72MgN2O6. The molecule has 0 aliphatic heterocycles. The first kappa shape index (κ1) is 50.0. The van der Waals surface area contributed by atoms with Crippen molar-refractivity contribution in [2.45, 2.75) is 194 Å². The van der Waals surface area contributed by atoms with Crippen LogP contribution in [0.5, 0.6) is 0 Å². The van der Waals surface area contributed by atoms with Crippen LogP contribution >= 0.6 is 0 Å². The molecule has 47 heavy (non-hydrogen) atoms. The molecule has 0 atom stereocenters. The molecule has 0 aromatic heterocycles. The van der Waals surface area contributed by atoms with E-state index in [-0.39, 0.29) is 48.0 Å². The summed E-state index contributed by atoms with van der Waals surface area (Å²) in [7, 11) is 3.03. The second-order valence-corrected chi connectivity index (χ2v) is 13.2. The van der Waals surface area contributed by atoms with E-state index < -0.39 is 11.9 Å². The Kier molecular flexibility index (Phi) is 41.6. The molecule has 9 heteroatoms. The van der Waals surface area contributed by atoms with Crippen LogP contribution < -0.4 is 10.2 Å². The Balaban J connectivity index is -0.000000807. The number of likely N-dealkylation sites (N-methyl/N-ethyl adjacent to an activating group) is 2. The van der Waals surface area contributed by atoms with E-state index in [0.717, 1.165) is 25.7 Å². The summed E-state index contributed by atoms with van der Waals surface area (Å²) in [5.74, 6) is -2.60. The van der Waals surface area contributed by atoms with Gasteiger partial charge in [-0.15, -0.1) is 0 Å². The van der Waals surface area contributed by atoms with Crippen LogP contribution in [-0.4, -0.2) is 83.8 Å². The van der Waals surface area contributed by atoms with Crippen molar-refractivity contribution in [2.24, 2.45) is 0 Å². The van der Waals surface area contributed by atoms with Gasteiger partial charge in [-0.2, -0.15) is 0 Å². The second-order valence-electron chi connectivity index (χ2n) is 13.2. The largest absolute Gasteiger partial charge is 2.00 e. The van der Waals surface area contributed by atoms with Gasteiger partial charge in [-0.25, -0.2) is 0 Å². The van der Waals surface area contributed by atoms with E-state index in [1.54, 1.807) is 0 Å². The number of amides is 2. The fourth-order valence-electron chi connectivity index (χ4n) is 5.53. The molecule has 0 bridgehead atoms. The number of rotatable bonds is 32. The summed E-state index contributed by atoms with van der Waals surface area (Å²) in [4.78, 5) is 46.5. The van der Waals surface area contributed by atoms with Gasteiger partial charge in [-0.05, 0) is 12.8 Å². The molecule has 0 fully saturated rings. The minimum Gasteiger partial charge on any atom is -0.548 e. The Labute approximate surface area is 305 Å². The molecule has 272 valence electrons. The molecule has 0 N–H and O–H groups in total. The number of hydrogen-bond acceptors (Lipinski definition) is 6. The van der Waals surface area contributed by atoms with Crippen molar-refractivity contribution < 1.29 is 29.4 Å². The van der Waals surface area contributed by atoms with Crippen molar-refractivity contribution in [1.29, 1.82) is 0 Å². The van der Waals surface area contributed by atoms with Gasteiger partial charge in [0.05, 0.1) is 25.0 Å². The normalized spacial score (nSPS) is 10.5. The van der Waals surface area contributed by atoms with Gasteiger partial charge in [0.1, 0.15) is 0 Å². The molecule has 0 aromatic carbocycles. The van der Waals surface area contributed by atoms with Crippen LogP contribution in [0.2, 0.25) is 0 Å². The average Bonchev–Trinajstić information content (AvgIpc) is 3.01. The van der Waals surface area contributed by atoms with Gasteiger partial charge in [0.25, 0.3) is 0 Å². The predicted molar refractivity (Wildman–Crippen MR) is 192 cm³/mol. The van der Waals surface area contributed by atoms with E-state index in [4.69, 9.17) is 0 Å². The summed E-state index contributed by atoms with van der Waals surface area (Å²) >= 11 is 0. The van der Waals surface area contributed by atoms with Crippen molar-refractivity contribution in [2.75, 3.05) is 27.2 Å². The third-order valence-electron chi connectivity index (χ3n) is 8.57. The standard InChI is InChI=1S/2C19H37NO3.Mg/c2*1-3-4-5-6-7-8-9-10-11-12-13-14-15-16-18(21)20(2)17-19(22)23;/h2*3-17H2,1-2H3,(H,22,23);/q;;+2/p-2. The van der Waals surface area contributed by atoms with E-state index in [9.17, 15) is 29.4 Å². The zero-order chi connectivity index (χ0) is 34.7. The third kappa shape index (κ3) is 40.7. The summed E-state index contributed by atoms with van der Waals surface area (Å²) in [5.41, 5.74) is 0. The number of hydrogen-bond donors (Lipinski definition) is 0. The molecule has 0 spiro atoms. The maximum absolute atomic E-state index is 11.6. The van der Waals surface area contributed by atoms with E-state index in [2.05, 4.69) is 13.8 Å². The molecule has 0 radical (unpaired) electrons. The van der Waals surface area contributed by atoms with Crippen LogP contribution in [0.15, 0.2) is 0 Å². The number of nitrogens with zero attached hydrogens (tertiary/aromatic N) is 2. The summed E-state index contributed by atoms with van der Waals surface area (Å²) in [6.07, 6.45) is 34.1. The molecule has 0 rings (SSSR count). The third-order valence-corrected chi connectivity index (χ3v) is 8.57. The summed E-state index contributed by atoms with van der Waals surface area (Å²) in [6.45, 7) is 3.89. The van der Waals surface area contributed by atoms with E-state index in [1.807, 2.05) is 0 Å². The first-order valence-corrected chi connectivity index (χ1v) is 19.0. The van der Waals surface area contributed by atoms with Crippen LogP contribution in [0.1, 0.15) is 194 Å². The van der Waals surface area contributed by atoms with Crippen LogP contribution in [0.3, 0.4) is 0 Å². The van der Waals surface area contributed by atoms with Crippen molar-refractivity contribution in [1.82, 2.24) is 9.80 Å². The Morgan fingerprint density at radius 2 is 0.574 bits per heavy atom. The minimum atomic E-state index is -1.20. The number of carboxylic acid groups (broad SMARTS) is 2. The second kappa shape index (κ2) is 39.1. The number of carbonyl (C=O) groups excluding carboxylic acids is 4. The summed E-state index contributed by atoms with van der Waals surface area (Å²) in [5, 5.41) is 20.8. The average molecular weight is 677 g/mol. The molecule has 8 nitrogen and oxygen atoms in total. The molecule has 0 unspecified atom stereocenters. The van der Waals surface area contributed by atoms with Gasteiger partial charge in [0, 0.05) is 26.9 Å². The van der Waals surface area contributed by atoms with E-state index in [0.29, 0.717) is 12.8 Å². The molecular weight excluding hydrogens is 605 g/mol. The smallest absolute Gasteiger partial charge is 0.548 e. The topological polar surface area (TPSA) is 121 Å². The van der Waals surface area contributed by atoms with Crippen LogP contribution in [0.4, 0.5) is 0 Å². The van der Waals surface area contributed by atoms with E-state index >= 15 is 0 Å². The monoisotopic (exact) mass is 677 g/mol. The SMILES string of the molecule is CCCCCCCCCCCCCCCC(=O)N(C)CC(=O)[O-].CCCCCCCCCCCCCCCC(=O)N(C)CC(=O)[O-].[Mg+2]. The van der Waals surface area contributed by atoms with Crippen LogP contribution in [-0.2, 0) is 19.2 Å². The molecule has 0 aliphatic rings. The molecule has 2 amide bonds. The van der Waals surface area contributed by atoms with Crippen molar-refractivity contribution in [3.8, 4) is 0 Å². The van der Waals surface area contributed by atoms with E-state index in [1.165, 1.54) is 165 Å². The zero-order valence-electron chi connectivity index (χ0n) is 31.3. The van der Waals surface area contributed by atoms with Gasteiger partial charge in [0.2, 0.25) is 11.8 Å². The maximum Gasteiger partial charge on any atom is 2.00 e. The van der Waals surface area contributed by atoms with Crippen molar-refractivity contribution >= 4 is 46.8 Å². The van der Waals surface area contributed by atoms with Crippen LogP contribution in [0.25, 0.3) is 0 Å². The Hall–Kier alpha value is -1.35. The predicted octanol–water partition coefficient (Wildman–Crippen LogP) is 6.97. The van der Waals surface area contributed by atoms with Gasteiger partial charge in [0.15, 0.2) is 0 Å². The molecule has 0 aliphatic carbocycles. The fourth-order valence-corrected chi connectivity index (χ4v) is 5.53. The fraction of sp³-hybridized carbons (Fsp3) is 0.895. The van der Waals surface area contributed by atoms with Crippen LogP contribution in [0, 0.1) is 0 Å².